The Kier molecular flexibility index (Phi) is 6.42. The first kappa shape index (κ1) is 19.7. The molecule has 25 heavy (non-hydrogen) atoms. The smallest absolute Gasteiger partial charge is 0.362 e. The Hall–Kier alpha value is -1.64. The second-order valence-corrected chi connectivity index (χ2v) is 7.07. The van der Waals surface area contributed by atoms with Gasteiger partial charge in [-0.2, -0.15) is 18.2 Å². The molecule has 1 aromatic heterocycles. The molecule has 0 spiro atoms. The normalized spacial score (nSPS) is 21.1. The quantitative estimate of drug-likeness (QED) is 0.783. The van der Waals surface area contributed by atoms with E-state index in [2.05, 4.69) is 34.4 Å². The van der Waals surface area contributed by atoms with E-state index in [1.165, 1.54) is 0 Å². The topological polar surface area (TPSA) is 53.1 Å². The summed E-state index contributed by atoms with van der Waals surface area (Å²) >= 11 is 5.08. The Balaban J connectivity index is 2.29. The summed E-state index contributed by atoms with van der Waals surface area (Å²) in [6.45, 7) is 8.13. The van der Waals surface area contributed by atoms with Gasteiger partial charge in [-0.25, -0.2) is 4.98 Å². The van der Waals surface area contributed by atoms with Crippen LogP contribution in [0.2, 0.25) is 0 Å². The van der Waals surface area contributed by atoms with Gasteiger partial charge in [0.05, 0.1) is 0 Å². The molecule has 5 nitrogen and oxygen atoms in total. The van der Waals surface area contributed by atoms with Crippen molar-refractivity contribution in [2.24, 2.45) is 11.8 Å². The zero-order valence-electron chi connectivity index (χ0n) is 14.7. The largest absolute Gasteiger partial charge is 0.433 e. The zero-order chi connectivity index (χ0) is 18.6. The van der Waals surface area contributed by atoms with E-state index in [0.29, 0.717) is 31.5 Å². The molecule has 0 saturated carbocycles. The number of alkyl halides is 3. The minimum atomic E-state index is -4.54. The number of thiocarbonyl (C=S) groups is 1. The van der Waals surface area contributed by atoms with Crippen LogP contribution >= 0.6 is 12.2 Å². The Morgan fingerprint density at radius 2 is 1.92 bits per heavy atom. The molecule has 9 heteroatoms. The van der Waals surface area contributed by atoms with Crippen LogP contribution in [-0.2, 0) is 6.18 Å². The molecular formula is C16H24F3N5S. The van der Waals surface area contributed by atoms with Crippen LogP contribution in [0.25, 0.3) is 0 Å². The molecule has 1 saturated heterocycles. The number of aromatic nitrogens is 2. The van der Waals surface area contributed by atoms with Gasteiger partial charge in [0, 0.05) is 25.7 Å². The van der Waals surface area contributed by atoms with Gasteiger partial charge >= 0.3 is 6.18 Å². The second kappa shape index (κ2) is 8.16. The summed E-state index contributed by atoms with van der Waals surface area (Å²) in [5.41, 5.74) is -0.968. The van der Waals surface area contributed by atoms with Crippen molar-refractivity contribution in [3.05, 3.63) is 11.8 Å². The summed E-state index contributed by atoms with van der Waals surface area (Å²) in [6, 6.07) is 1.01. The Morgan fingerprint density at radius 3 is 2.48 bits per heavy atom. The van der Waals surface area contributed by atoms with E-state index in [0.717, 1.165) is 18.9 Å². The number of rotatable bonds is 4. The number of anilines is 2. The Bertz CT molecular complexity index is 598. The van der Waals surface area contributed by atoms with Crippen LogP contribution in [0.1, 0.15) is 39.3 Å². The van der Waals surface area contributed by atoms with E-state index in [9.17, 15) is 13.2 Å². The molecule has 0 aliphatic carbocycles. The van der Waals surface area contributed by atoms with Crippen LogP contribution in [-0.4, -0.2) is 34.7 Å². The van der Waals surface area contributed by atoms with Gasteiger partial charge < -0.3 is 15.5 Å². The van der Waals surface area contributed by atoms with E-state index in [1.807, 2.05) is 11.8 Å². The van der Waals surface area contributed by atoms with Gasteiger partial charge in [-0.1, -0.05) is 20.8 Å². The fraction of sp³-hybridized carbons (Fsp3) is 0.688. The van der Waals surface area contributed by atoms with Crippen LogP contribution in [0, 0.1) is 11.8 Å². The van der Waals surface area contributed by atoms with Crippen molar-refractivity contribution < 1.29 is 13.2 Å². The molecule has 140 valence electrons. The van der Waals surface area contributed by atoms with Gasteiger partial charge in [-0.15, -0.1) is 0 Å². The molecule has 0 aromatic carbocycles. The number of piperidine rings is 1. The van der Waals surface area contributed by atoms with Gasteiger partial charge in [0.15, 0.2) is 10.8 Å². The molecule has 2 rings (SSSR count). The molecule has 1 aliphatic rings. The first-order valence-corrected chi connectivity index (χ1v) is 8.86. The third kappa shape index (κ3) is 5.69. The molecule has 1 aliphatic heterocycles. The fourth-order valence-corrected chi connectivity index (χ4v) is 3.23. The maximum atomic E-state index is 13.2. The molecule has 2 unspecified atom stereocenters. The lowest BCUT2D eigenvalue weighted by Crippen LogP contribution is -2.39. The molecule has 2 N–H and O–H groups in total. The summed E-state index contributed by atoms with van der Waals surface area (Å²) in [5.74, 6) is 0.944. The average molecular weight is 375 g/mol. The van der Waals surface area contributed by atoms with Crippen LogP contribution in [0.4, 0.5) is 24.9 Å². The highest BCUT2D eigenvalue weighted by Crippen LogP contribution is 2.32. The van der Waals surface area contributed by atoms with E-state index in [-0.39, 0.29) is 16.9 Å². The molecule has 1 aromatic rings. The molecular weight excluding hydrogens is 351 g/mol. The first-order valence-electron chi connectivity index (χ1n) is 8.45. The predicted molar refractivity (Wildman–Crippen MR) is 96.7 cm³/mol. The van der Waals surface area contributed by atoms with Gasteiger partial charge in [-0.05, 0) is 36.9 Å². The van der Waals surface area contributed by atoms with E-state index < -0.39 is 11.9 Å². The fourth-order valence-electron chi connectivity index (χ4n) is 3.03. The molecule has 2 atom stereocenters. The number of nitrogens with zero attached hydrogens (tertiary/aromatic N) is 3. The van der Waals surface area contributed by atoms with Crippen molar-refractivity contribution in [1.29, 1.82) is 0 Å². The highest BCUT2D eigenvalue weighted by molar-refractivity contribution is 7.80. The van der Waals surface area contributed by atoms with Crippen LogP contribution in [0.3, 0.4) is 0 Å². The molecule has 0 bridgehead atoms. The zero-order valence-corrected chi connectivity index (χ0v) is 15.5. The van der Waals surface area contributed by atoms with Gasteiger partial charge in [0.25, 0.3) is 0 Å². The van der Waals surface area contributed by atoms with E-state index in [1.54, 1.807) is 0 Å². The van der Waals surface area contributed by atoms with Gasteiger partial charge in [0.2, 0.25) is 5.95 Å². The van der Waals surface area contributed by atoms with Crippen molar-refractivity contribution in [3.63, 3.8) is 0 Å². The standard InChI is InChI=1S/C16H24F3N5S/c1-4-5-20-15(25)23-14-21-12(16(17,18)19)7-13(22-14)24-8-10(2)6-11(3)9-24/h7,10-11H,4-6,8-9H2,1-3H3,(H2,20,21,22,23,25). The SMILES string of the molecule is CCCNC(=S)Nc1nc(N2CC(C)CC(C)C2)cc(C(F)(F)F)n1. The number of hydrogen-bond acceptors (Lipinski definition) is 4. The highest BCUT2D eigenvalue weighted by Gasteiger charge is 2.35. The predicted octanol–water partition coefficient (Wildman–Crippen LogP) is 3.67. The van der Waals surface area contributed by atoms with E-state index in [4.69, 9.17) is 12.2 Å². The van der Waals surface area contributed by atoms with Gasteiger partial charge in [0.1, 0.15) is 5.82 Å². The van der Waals surface area contributed by atoms with Crippen molar-refractivity contribution in [2.75, 3.05) is 29.9 Å². The lowest BCUT2D eigenvalue weighted by atomic mass is 9.92. The number of nitrogens with one attached hydrogen (secondary N) is 2. The third-order valence-corrected chi connectivity index (χ3v) is 4.20. The average Bonchev–Trinajstić information content (AvgIpc) is 2.51. The minimum Gasteiger partial charge on any atom is -0.362 e. The molecule has 2 heterocycles. The van der Waals surface area contributed by atoms with Crippen LogP contribution in [0.15, 0.2) is 6.07 Å². The lowest BCUT2D eigenvalue weighted by molar-refractivity contribution is -0.141. The maximum absolute atomic E-state index is 13.2. The molecule has 0 amide bonds. The van der Waals surface area contributed by atoms with Crippen LogP contribution in [0.5, 0.6) is 0 Å². The van der Waals surface area contributed by atoms with Gasteiger partial charge in [-0.3, -0.25) is 0 Å². The highest BCUT2D eigenvalue weighted by atomic mass is 32.1. The summed E-state index contributed by atoms with van der Waals surface area (Å²) in [7, 11) is 0. The second-order valence-electron chi connectivity index (χ2n) is 6.66. The van der Waals surface area contributed by atoms with Crippen LogP contribution < -0.4 is 15.5 Å². The van der Waals surface area contributed by atoms with Crippen molar-refractivity contribution in [2.45, 2.75) is 39.8 Å². The number of halogens is 3. The molecule has 0 radical (unpaired) electrons. The lowest BCUT2D eigenvalue weighted by Gasteiger charge is -2.36. The van der Waals surface area contributed by atoms with Crippen molar-refractivity contribution in [1.82, 2.24) is 15.3 Å². The van der Waals surface area contributed by atoms with Crippen molar-refractivity contribution in [3.8, 4) is 0 Å². The Morgan fingerprint density at radius 1 is 1.28 bits per heavy atom. The molecule has 1 fully saturated rings. The third-order valence-electron chi connectivity index (χ3n) is 3.96. The summed E-state index contributed by atoms with van der Waals surface area (Å²) < 4.78 is 39.7. The van der Waals surface area contributed by atoms with Crippen molar-refractivity contribution >= 4 is 29.1 Å². The summed E-state index contributed by atoms with van der Waals surface area (Å²) in [4.78, 5) is 9.74. The first-order chi connectivity index (χ1) is 11.7. The maximum Gasteiger partial charge on any atom is 0.433 e. The summed E-state index contributed by atoms with van der Waals surface area (Å²) in [6.07, 6.45) is -2.64. The summed E-state index contributed by atoms with van der Waals surface area (Å²) in [5, 5.41) is 5.78. The monoisotopic (exact) mass is 375 g/mol. The number of hydrogen-bond donors (Lipinski definition) is 2. The minimum absolute atomic E-state index is 0.135. The Labute approximate surface area is 151 Å². The van der Waals surface area contributed by atoms with E-state index >= 15 is 0 Å².